The third-order valence-electron chi connectivity index (χ3n) is 3.79. The van der Waals surface area contributed by atoms with Gasteiger partial charge in [-0.1, -0.05) is 18.2 Å². The van der Waals surface area contributed by atoms with E-state index < -0.39 is 0 Å². The van der Waals surface area contributed by atoms with Gasteiger partial charge in [0.15, 0.2) is 0 Å². The van der Waals surface area contributed by atoms with Crippen LogP contribution >= 0.6 is 0 Å². The molecule has 96 valence electrons. The van der Waals surface area contributed by atoms with E-state index in [2.05, 4.69) is 58.8 Å². The van der Waals surface area contributed by atoms with Crippen LogP contribution in [0.3, 0.4) is 0 Å². The van der Waals surface area contributed by atoms with E-state index in [1.165, 1.54) is 23.1 Å². The van der Waals surface area contributed by atoms with E-state index in [0.717, 1.165) is 26.2 Å². The number of aromatic nitrogens is 1. The molecule has 0 unspecified atom stereocenters. The predicted molar refractivity (Wildman–Crippen MR) is 75.8 cm³/mol. The van der Waals surface area contributed by atoms with E-state index in [9.17, 15) is 0 Å². The maximum Gasteiger partial charge on any atom is 0.0483 e. The van der Waals surface area contributed by atoms with Crippen LogP contribution in [0.15, 0.2) is 30.3 Å². The number of hydrogen-bond acceptors (Lipinski definition) is 2. The molecule has 18 heavy (non-hydrogen) atoms. The summed E-state index contributed by atoms with van der Waals surface area (Å²) in [4.78, 5) is 4.80. The second kappa shape index (κ2) is 4.75. The van der Waals surface area contributed by atoms with Crippen molar-refractivity contribution in [3.63, 3.8) is 0 Å². The molecule has 1 aliphatic rings. The molecule has 0 saturated heterocycles. The van der Waals surface area contributed by atoms with E-state index in [1.807, 2.05) is 0 Å². The molecule has 0 amide bonds. The molecule has 3 nitrogen and oxygen atoms in total. The van der Waals surface area contributed by atoms with Gasteiger partial charge in [-0.05, 0) is 31.6 Å². The molecule has 2 heterocycles. The van der Waals surface area contributed by atoms with Gasteiger partial charge < -0.3 is 9.47 Å². The van der Waals surface area contributed by atoms with Crippen molar-refractivity contribution in [1.29, 1.82) is 0 Å². The number of fused-ring (bicyclic) bond motifs is 3. The number of likely N-dealkylation sites (N-methyl/N-ethyl adjacent to an activating group) is 1. The Morgan fingerprint density at radius 2 is 2.00 bits per heavy atom. The lowest BCUT2D eigenvalue weighted by atomic mass is 10.2. The Bertz CT molecular complexity index is 542. The van der Waals surface area contributed by atoms with Crippen LogP contribution in [0.2, 0.25) is 0 Å². The zero-order valence-electron chi connectivity index (χ0n) is 11.3. The highest BCUT2D eigenvalue weighted by molar-refractivity contribution is 5.81. The van der Waals surface area contributed by atoms with Crippen LogP contribution in [0, 0.1) is 0 Å². The molecule has 0 radical (unpaired) electrons. The molecule has 1 aromatic heterocycles. The van der Waals surface area contributed by atoms with Gasteiger partial charge in [-0.25, -0.2) is 0 Å². The van der Waals surface area contributed by atoms with Gasteiger partial charge >= 0.3 is 0 Å². The fourth-order valence-electron chi connectivity index (χ4n) is 2.74. The van der Waals surface area contributed by atoms with Crippen molar-refractivity contribution >= 4 is 10.9 Å². The fourth-order valence-corrected chi connectivity index (χ4v) is 2.74. The highest BCUT2D eigenvalue weighted by atomic mass is 15.2. The van der Waals surface area contributed by atoms with E-state index in [4.69, 9.17) is 0 Å². The van der Waals surface area contributed by atoms with Gasteiger partial charge in [0.25, 0.3) is 0 Å². The SMILES string of the molecule is CN(C)CCN1CCn2c(cc3ccccc32)C1. The van der Waals surface area contributed by atoms with Crippen molar-refractivity contribution in [2.75, 3.05) is 33.7 Å². The van der Waals surface area contributed by atoms with E-state index >= 15 is 0 Å². The minimum atomic E-state index is 1.09. The van der Waals surface area contributed by atoms with Gasteiger partial charge in [-0.3, -0.25) is 4.90 Å². The Balaban J connectivity index is 1.80. The summed E-state index contributed by atoms with van der Waals surface area (Å²) in [5, 5.41) is 1.38. The summed E-state index contributed by atoms with van der Waals surface area (Å²) in [5.41, 5.74) is 2.85. The third-order valence-corrected chi connectivity index (χ3v) is 3.79. The molecular weight excluding hydrogens is 222 g/mol. The summed E-state index contributed by atoms with van der Waals surface area (Å²) in [6, 6.07) is 11.0. The molecule has 0 aliphatic carbocycles. The summed E-state index contributed by atoms with van der Waals surface area (Å²) in [5.74, 6) is 0. The van der Waals surface area contributed by atoms with Crippen molar-refractivity contribution in [3.8, 4) is 0 Å². The normalized spacial score (nSPS) is 16.4. The lowest BCUT2D eigenvalue weighted by Crippen LogP contribution is -2.37. The van der Waals surface area contributed by atoms with Crippen molar-refractivity contribution in [3.05, 3.63) is 36.0 Å². The highest BCUT2D eigenvalue weighted by Gasteiger charge is 2.17. The Hall–Kier alpha value is -1.32. The summed E-state index contributed by atoms with van der Waals surface area (Å²) in [7, 11) is 4.28. The Morgan fingerprint density at radius 3 is 2.83 bits per heavy atom. The first kappa shape index (κ1) is 11.8. The molecule has 2 aromatic rings. The highest BCUT2D eigenvalue weighted by Crippen LogP contribution is 2.23. The first-order chi connectivity index (χ1) is 8.74. The molecule has 0 fully saturated rings. The summed E-state index contributed by atoms with van der Waals surface area (Å²) < 4.78 is 2.47. The predicted octanol–water partition coefficient (Wildman–Crippen LogP) is 2.02. The van der Waals surface area contributed by atoms with Crippen molar-refractivity contribution in [1.82, 2.24) is 14.4 Å². The molecule has 0 saturated carbocycles. The van der Waals surface area contributed by atoms with Crippen LogP contribution in [-0.4, -0.2) is 48.1 Å². The lowest BCUT2D eigenvalue weighted by molar-refractivity contribution is 0.202. The molecule has 0 atom stereocenters. The van der Waals surface area contributed by atoms with E-state index in [-0.39, 0.29) is 0 Å². The summed E-state index contributed by atoms with van der Waals surface area (Å²) in [6.45, 7) is 5.67. The lowest BCUT2D eigenvalue weighted by Gasteiger charge is -2.29. The Kier molecular flexibility index (Phi) is 3.10. The summed E-state index contributed by atoms with van der Waals surface area (Å²) in [6.07, 6.45) is 0. The van der Waals surface area contributed by atoms with Gasteiger partial charge in [0.1, 0.15) is 0 Å². The quantitative estimate of drug-likeness (QED) is 0.817. The third kappa shape index (κ3) is 2.16. The smallest absolute Gasteiger partial charge is 0.0483 e. The molecule has 3 rings (SSSR count). The first-order valence-corrected chi connectivity index (χ1v) is 6.68. The standard InChI is InChI=1S/C15H21N3/c1-16(2)7-8-17-9-10-18-14(12-17)11-13-5-3-4-6-15(13)18/h3-6,11H,7-10,12H2,1-2H3. The monoisotopic (exact) mass is 243 g/mol. The van der Waals surface area contributed by atoms with Gasteiger partial charge in [-0.15, -0.1) is 0 Å². The maximum atomic E-state index is 2.55. The van der Waals surface area contributed by atoms with Crippen molar-refractivity contribution in [2.24, 2.45) is 0 Å². The Morgan fingerprint density at radius 1 is 1.17 bits per heavy atom. The van der Waals surface area contributed by atoms with Crippen LogP contribution in [-0.2, 0) is 13.1 Å². The van der Waals surface area contributed by atoms with Crippen molar-refractivity contribution in [2.45, 2.75) is 13.1 Å². The van der Waals surface area contributed by atoms with Crippen LogP contribution in [0.25, 0.3) is 10.9 Å². The van der Waals surface area contributed by atoms with Crippen LogP contribution in [0.4, 0.5) is 0 Å². The van der Waals surface area contributed by atoms with Crippen LogP contribution < -0.4 is 0 Å². The minimum absolute atomic E-state index is 1.09. The van der Waals surface area contributed by atoms with Crippen LogP contribution in [0.1, 0.15) is 5.69 Å². The molecule has 1 aromatic carbocycles. The number of benzene rings is 1. The van der Waals surface area contributed by atoms with Gasteiger partial charge in [-0.2, -0.15) is 0 Å². The Labute approximate surface area is 109 Å². The maximum absolute atomic E-state index is 2.55. The van der Waals surface area contributed by atoms with Crippen molar-refractivity contribution < 1.29 is 0 Å². The zero-order chi connectivity index (χ0) is 12.5. The van der Waals surface area contributed by atoms with Crippen LogP contribution in [0.5, 0.6) is 0 Å². The topological polar surface area (TPSA) is 11.4 Å². The zero-order valence-corrected chi connectivity index (χ0v) is 11.3. The molecule has 1 aliphatic heterocycles. The fraction of sp³-hybridized carbons (Fsp3) is 0.467. The molecule has 0 N–H and O–H groups in total. The molecular formula is C15H21N3. The summed E-state index contributed by atoms with van der Waals surface area (Å²) >= 11 is 0. The van der Waals surface area contributed by atoms with Gasteiger partial charge in [0, 0.05) is 43.9 Å². The molecule has 3 heteroatoms. The number of rotatable bonds is 3. The largest absolute Gasteiger partial charge is 0.342 e. The number of hydrogen-bond donors (Lipinski definition) is 0. The van der Waals surface area contributed by atoms with E-state index in [1.54, 1.807) is 0 Å². The van der Waals surface area contributed by atoms with E-state index in [0.29, 0.717) is 0 Å². The van der Waals surface area contributed by atoms with Gasteiger partial charge in [0.05, 0.1) is 0 Å². The first-order valence-electron chi connectivity index (χ1n) is 6.68. The number of para-hydroxylation sites is 1. The molecule has 0 bridgehead atoms. The second-order valence-corrected chi connectivity index (χ2v) is 5.43. The number of nitrogens with zero attached hydrogens (tertiary/aromatic N) is 3. The minimum Gasteiger partial charge on any atom is -0.342 e. The van der Waals surface area contributed by atoms with Gasteiger partial charge in [0.2, 0.25) is 0 Å². The average molecular weight is 243 g/mol. The second-order valence-electron chi connectivity index (χ2n) is 5.43. The average Bonchev–Trinajstić information content (AvgIpc) is 2.73. The molecule has 0 spiro atoms.